The second-order valence-electron chi connectivity index (χ2n) is 5.03. The maximum Gasteiger partial charge on any atom is 0.237 e. The lowest BCUT2D eigenvalue weighted by atomic mass is 10.2. The molecule has 2 aromatic rings. The Morgan fingerprint density at radius 3 is 3.20 bits per heavy atom. The number of H-pyrrole nitrogens is 1. The van der Waals surface area contributed by atoms with E-state index in [1.54, 1.807) is 6.07 Å². The lowest BCUT2D eigenvalue weighted by molar-refractivity contribution is -0.122. The van der Waals surface area contributed by atoms with Gasteiger partial charge in [-0.3, -0.25) is 4.79 Å². The molecule has 0 spiro atoms. The Kier molecular flexibility index (Phi) is 3.64. The molecule has 1 amide bonds. The smallest absolute Gasteiger partial charge is 0.237 e. The van der Waals surface area contributed by atoms with Gasteiger partial charge in [0.2, 0.25) is 5.91 Å². The van der Waals surface area contributed by atoms with Crippen molar-refractivity contribution in [3.63, 3.8) is 0 Å². The Balaban J connectivity index is 1.55. The third-order valence-electron chi connectivity index (χ3n) is 3.53. The van der Waals surface area contributed by atoms with Gasteiger partial charge in [0.05, 0.1) is 17.1 Å². The number of aromatic amines is 1. The Labute approximate surface area is 116 Å². The number of carbonyl (C=O) groups excluding carboxylic acids is 1. The molecule has 2 heterocycles. The highest BCUT2D eigenvalue weighted by atomic mass is 19.1. The number of hydrogen-bond donors (Lipinski definition) is 3. The number of hydrogen-bond acceptors (Lipinski definition) is 3. The monoisotopic (exact) mass is 276 g/mol. The number of nitrogens with zero attached hydrogens (tertiary/aromatic N) is 1. The third kappa shape index (κ3) is 2.80. The SMILES string of the molecule is O=C(NCCc1nc2ccc(F)cc2[nH]1)[C@@H]1CCCN1. The zero-order valence-electron chi connectivity index (χ0n) is 11.1. The summed E-state index contributed by atoms with van der Waals surface area (Å²) in [6.07, 6.45) is 2.55. The first-order valence-electron chi connectivity index (χ1n) is 6.87. The van der Waals surface area contributed by atoms with E-state index in [0.29, 0.717) is 18.5 Å². The van der Waals surface area contributed by atoms with Gasteiger partial charge >= 0.3 is 0 Å². The molecule has 0 saturated carbocycles. The number of rotatable bonds is 4. The van der Waals surface area contributed by atoms with Crippen LogP contribution in [0.3, 0.4) is 0 Å². The summed E-state index contributed by atoms with van der Waals surface area (Å²) in [5.41, 5.74) is 1.42. The van der Waals surface area contributed by atoms with E-state index in [0.717, 1.165) is 30.7 Å². The van der Waals surface area contributed by atoms with Crippen molar-refractivity contribution in [2.24, 2.45) is 0 Å². The average Bonchev–Trinajstić information content (AvgIpc) is 3.06. The molecule has 1 aromatic carbocycles. The number of amides is 1. The number of halogens is 1. The molecule has 1 fully saturated rings. The van der Waals surface area contributed by atoms with Crippen LogP contribution in [0, 0.1) is 5.82 Å². The van der Waals surface area contributed by atoms with Crippen LogP contribution in [0.15, 0.2) is 18.2 Å². The topological polar surface area (TPSA) is 69.8 Å². The fourth-order valence-corrected chi connectivity index (χ4v) is 2.49. The van der Waals surface area contributed by atoms with Crippen LogP contribution in [0.25, 0.3) is 11.0 Å². The molecule has 0 radical (unpaired) electrons. The first kappa shape index (κ1) is 13.1. The fraction of sp³-hybridized carbons (Fsp3) is 0.429. The van der Waals surface area contributed by atoms with Gasteiger partial charge in [-0.05, 0) is 37.6 Å². The average molecular weight is 276 g/mol. The highest BCUT2D eigenvalue weighted by molar-refractivity contribution is 5.82. The lowest BCUT2D eigenvalue weighted by Gasteiger charge is -2.10. The summed E-state index contributed by atoms with van der Waals surface area (Å²) in [4.78, 5) is 19.2. The minimum absolute atomic E-state index is 0.0460. The van der Waals surface area contributed by atoms with Gasteiger partial charge in [-0.15, -0.1) is 0 Å². The van der Waals surface area contributed by atoms with Crippen molar-refractivity contribution in [3.8, 4) is 0 Å². The molecule has 0 aliphatic carbocycles. The summed E-state index contributed by atoms with van der Waals surface area (Å²) in [5, 5.41) is 6.05. The molecule has 20 heavy (non-hydrogen) atoms. The third-order valence-corrected chi connectivity index (χ3v) is 3.53. The molecule has 0 unspecified atom stereocenters. The molecular weight excluding hydrogens is 259 g/mol. The molecule has 1 aliphatic heterocycles. The number of imidazole rings is 1. The van der Waals surface area contributed by atoms with Gasteiger partial charge in [-0.2, -0.15) is 0 Å². The van der Waals surface area contributed by atoms with Crippen LogP contribution in [0.5, 0.6) is 0 Å². The maximum atomic E-state index is 13.1. The molecule has 106 valence electrons. The van der Waals surface area contributed by atoms with Crippen molar-refractivity contribution in [3.05, 3.63) is 29.8 Å². The van der Waals surface area contributed by atoms with Crippen molar-refractivity contribution >= 4 is 16.9 Å². The van der Waals surface area contributed by atoms with E-state index in [2.05, 4.69) is 20.6 Å². The summed E-state index contributed by atoms with van der Waals surface area (Å²) in [7, 11) is 0. The van der Waals surface area contributed by atoms with Crippen LogP contribution >= 0.6 is 0 Å². The highest BCUT2D eigenvalue weighted by Crippen LogP contribution is 2.13. The quantitative estimate of drug-likeness (QED) is 0.783. The number of carbonyl (C=O) groups is 1. The molecular formula is C14H17FN4O. The van der Waals surface area contributed by atoms with Gasteiger partial charge in [0.1, 0.15) is 11.6 Å². The summed E-state index contributed by atoms with van der Waals surface area (Å²) < 4.78 is 13.1. The van der Waals surface area contributed by atoms with Crippen molar-refractivity contribution < 1.29 is 9.18 Å². The second-order valence-corrected chi connectivity index (χ2v) is 5.03. The van der Waals surface area contributed by atoms with Gasteiger partial charge in [0, 0.05) is 13.0 Å². The minimum atomic E-state index is -0.284. The lowest BCUT2D eigenvalue weighted by Crippen LogP contribution is -2.41. The molecule has 1 aliphatic rings. The summed E-state index contributed by atoms with van der Waals surface area (Å²) in [6, 6.07) is 4.40. The standard InChI is InChI=1S/C14H17FN4O/c15-9-3-4-10-12(8-9)19-13(18-10)5-7-17-14(20)11-2-1-6-16-11/h3-4,8,11,16H,1-2,5-7H2,(H,17,20)(H,18,19)/t11-/m0/s1. The Hall–Kier alpha value is -1.95. The Morgan fingerprint density at radius 2 is 2.40 bits per heavy atom. The molecule has 0 bridgehead atoms. The molecule has 1 atom stereocenters. The molecule has 6 heteroatoms. The van der Waals surface area contributed by atoms with E-state index in [9.17, 15) is 9.18 Å². The first-order chi connectivity index (χ1) is 9.72. The van der Waals surface area contributed by atoms with Crippen molar-refractivity contribution in [2.75, 3.05) is 13.1 Å². The second kappa shape index (κ2) is 5.58. The molecule has 1 aromatic heterocycles. The zero-order chi connectivity index (χ0) is 13.9. The molecule has 5 nitrogen and oxygen atoms in total. The van der Waals surface area contributed by atoms with E-state index in [4.69, 9.17) is 0 Å². The molecule has 1 saturated heterocycles. The van der Waals surface area contributed by atoms with Crippen LogP contribution in [-0.2, 0) is 11.2 Å². The van der Waals surface area contributed by atoms with Crippen LogP contribution in [0.4, 0.5) is 4.39 Å². The number of aromatic nitrogens is 2. The molecule has 3 rings (SSSR count). The van der Waals surface area contributed by atoms with Gasteiger partial charge in [-0.1, -0.05) is 0 Å². The largest absolute Gasteiger partial charge is 0.354 e. The van der Waals surface area contributed by atoms with Crippen molar-refractivity contribution in [1.82, 2.24) is 20.6 Å². The number of benzene rings is 1. The maximum absolute atomic E-state index is 13.1. The van der Waals surface area contributed by atoms with E-state index >= 15 is 0 Å². The van der Waals surface area contributed by atoms with E-state index < -0.39 is 0 Å². The van der Waals surface area contributed by atoms with E-state index in [1.807, 2.05) is 0 Å². The van der Waals surface area contributed by atoms with Gasteiger partial charge in [-0.25, -0.2) is 9.37 Å². The van der Waals surface area contributed by atoms with Gasteiger partial charge < -0.3 is 15.6 Å². The van der Waals surface area contributed by atoms with Gasteiger partial charge in [0.25, 0.3) is 0 Å². The Bertz CT molecular complexity index is 619. The van der Waals surface area contributed by atoms with E-state index in [-0.39, 0.29) is 17.8 Å². The zero-order valence-corrected chi connectivity index (χ0v) is 11.1. The number of fused-ring (bicyclic) bond motifs is 1. The van der Waals surface area contributed by atoms with Crippen molar-refractivity contribution in [2.45, 2.75) is 25.3 Å². The Morgan fingerprint density at radius 1 is 1.50 bits per heavy atom. The van der Waals surface area contributed by atoms with Crippen LogP contribution in [0.1, 0.15) is 18.7 Å². The first-order valence-corrected chi connectivity index (χ1v) is 6.87. The van der Waals surface area contributed by atoms with Crippen LogP contribution in [-0.4, -0.2) is 35.0 Å². The predicted octanol–water partition coefficient (Wildman–Crippen LogP) is 1.11. The van der Waals surface area contributed by atoms with Crippen molar-refractivity contribution in [1.29, 1.82) is 0 Å². The van der Waals surface area contributed by atoms with Crippen LogP contribution in [0.2, 0.25) is 0 Å². The van der Waals surface area contributed by atoms with Gasteiger partial charge in [0.15, 0.2) is 0 Å². The van der Waals surface area contributed by atoms with E-state index in [1.165, 1.54) is 12.1 Å². The summed E-state index contributed by atoms with van der Waals surface area (Å²) in [6.45, 7) is 1.44. The minimum Gasteiger partial charge on any atom is -0.354 e. The predicted molar refractivity (Wildman–Crippen MR) is 73.8 cm³/mol. The summed E-state index contributed by atoms with van der Waals surface area (Å²) in [5.74, 6) is 0.517. The van der Waals surface area contributed by atoms with Crippen LogP contribution < -0.4 is 10.6 Å². The number of nitrogens with one attached hydrogen (secondary N) is 3. The summed E-state index contributed by atoms with van der Waals surface area (Å²) >= 11 is 0. The molecule has 3 N–H and O–H groups in total. The normalized spacial score (nSPS) is 18.6. The fourth-order valence-electron chi connectivity index (χ4n) is 2.49. The highest BCUT2D eigenvalue weighted by Gasteiger charge is 2.21.